The third-order valence-corrected chi connectivity index (χ3v) is 8.71. The van der Waals surface area contributed by atoms with Gasteiger partial charge in [0.15, 0.2) is 5.52 Å². The maximum absolute atomic E-state index is 13.6. The Hall–Kier alpha value is -4.59. The fourth-order valence-electron chi connectivity index (χ4n) is 5.87. The van der Waals surface area contributed by atoms with Gasteiger partial charge in [0, 0.05) is 56.3 Å². The number of halogens is 1. The van der Waals surface area contributed by atoms with Crippen molar-refractivity contribution in [1.29, 1.82) is 0 Å². The summed E-state index contributed by atoms with van der Waals surface area (Å²) in [7, 11) is 1.77. The zero-order valence-electron chi connectivity index (χ0n) is 27.7. The van der Waals surface area contributed by atoms with E-state index >= 15 is 0 Å². The second-order valence-electron chi connectivity index (χ2n) is 13.3. The number of likely N-dealkylation sites (tertiary alicyclic amines) is 1. The van der Waals surface area contributed by atoms with E-state index in [9.17, 15) is 14.7 Å². The quantitative estimate of drug-likeness (QED) is 0.233. The Morgan fingerprint density at radius 2 is 1.81 bits per heavy atom. The molecule has 0 unspecified atom stereocenters. The Bertz CT molecular complexity index is 2000. The Kier molecular flexibility index (Phi) is 9.12. The molecule has 1 saturated heterocycles. The molecule has 0 spiro atoms. The smallest absolute Gasteiger partial charge is 0.407 e. The fourth-order valence-corrected chi connectivity index (χ4v) is 6.11. The zero-order valence-corrected chi connectivity index (χ0v) is 28.4. The van der Waals surface area contributed by atoms with E-state index in [1.54, 1.807) is 18.7 Å². The minimum absolute atomic E-state index is 0.118. The van der Waals surface area contributed by atoms with Crippen LogP contribution in [0.1, 0.15) is 50.6 Å². The summed E-state index contributed by atoms with van der Waals surface area (Å²) >= 11 is 6.60. The number of nitrogens with zero attached hydrogens (tertiary/aromatic N) is 7. The van der Waals surface area contributed by atoms with Gasteiger partial charge >= 0.3 is 6.09 Å². The predicted octanol–water partition coefficient (Wildman–Crippen LogP) is 4.86. The van der Waals surface area contributed by atoms with Crippen molar-refractivity contribution < 1.29 is 19.2 Å². The molecule has 1 fully saturated rings. The summed E-state index contributed by atoms with van der Waals surface area (Å²) in [6.07, 6.45) is 1.98. The van der Waals surface area contributed by atoms with E-state index in [1.165, 1.54) is 10.9 Å². The topological polar surface area (TPSA) is 153 Å². The second kappa shape index (κ2) is 13.1. The van der Waals surface area contributed by atoms with Gasteiger partial charge in [-0.05, 0) is 50.8 Å². The van der Waals surface area contributed by atoms with Crippen molar-refractivity contribution in [2.45, 2.75) is 71.4 Å². The van der Waals surface area contributed by atoms with Gasteiger partial charge in [-0.25, -0.2) is 9.78 Å². The van der Waals surface area contributed by atoms with E-state index in [-0.39, 0.29) is 17.6 Å². The van der Waals surface area contributed by atoms with Crippen LogP contribution in [0.5, 0.6) is 0 Å². The maximum atomic E-state index is 13.6. The monoisotopic (exact) mass is 674 g/mol. The SMILES string of the molecule is Cc1nc(-c2ccc(CN3CCC(O)(Cn4cnc5c(-c6ccc(CNC(=O)OC(C)(C)C)cc6)n(C)nc5c4=O)CC3)c(Cl)c2)no1. The number of carbonyl (C=O) groups is 1. The Morgan fingerprint density at radius 3 is 2.46 bits per heavy atom. The van der Waals surface area contributed by atoms with Crippen LogP contribution in [0.3, 0.4) is 0 Å². The first-order valence-corrected chi connectivity index (χ1v) is 16.2. The van der Waals surface area contributed by atoms with Gasteiger partial charge in [-0.1, -0.05) is 53.2 Å². The van der Waals surface area contributed by atoms with Crippen LogP contribution >= 0.6 is 11.6 Å². The number of aliphatic hydroxyl groups is 1. The minimum atomic E-state index is -1.07. The predicted molar refractivity (Wildman–Crippen MR) is 180 cm³/mol. The van der Waals surface area contributed by atoms with E-state index in [1.807, 2.05) is 63.2 Å². The number of alkyl carbamates (subject to hydrolysis) is 1. The van der Waals surface area contributed by atoms with Gasteiger partial charge < -0.3 is 19.7 Å². The highest BCUT2D eigenvalue weighted by atomic mass is 35.5. The molecule has 0 aliphatic carbocycles. The molecule has 1 amide bonds. The summed E-state index contributed by atoms with van der Waals surface area (Å²) in [5.74, 6) is 0.984. The Balaban J connectivity index is 1.09. The third kappa shape index (κ3) is 7.43. The summed E-state index contributed by atoms with van der Waals surface area (Å²) in [4.78, 5) is 36.7. The lowest BCUT2D eigenvalue weighted by Gasteiger charge is -2.38. The number of carbonyl (C=O) groups excluding carboxylic acids is 1. The van der Waals surface area contributed by atoms with Gasteiger partial charge in [0.05, 0.1) is 24.2 Å². The van der Waals surface area contributed by atoms with E-state index in [0.717, 1.165) is 22.3 Å². The molecule has 0 atom stereocenters. The Morgan fingerprint density at radius 1 is 1.10 bits per heavy atom. The summed E-state index contributed by atoms with van der Waals surface area (Å²) in [5, 5.41) is 23.3. The van der Waals surface area contributed by atoms with Crippen LogP contribution in [-0.2, 0) is 31.4 Å². The van der Waals surface area contributed by atoms with Crippen LogP contribution < -0.4 is 10.9 Å². The zero-order chi connectivity index (χ0) is 34.2. The number of hydrogen-bond donors (Lipinski definition) is 2. The lowest BCUT2D eigenvalue weighted by molar-refractivity contribution is -0.0364. The molecule has 0 bridgehead atoms. The molecular weight excluding hydrogens is 636 g/mol. The van der Waals surface area contributed by atoms with Gasteiger partial charge in [-0.3, -0.25) is 18.9 Å². The fraction of sp³-hybridized carbons (Fsp3) is 0.412. The average molecular weight is 675 g/mol. The van der Waals surface area contributed by atoms with Crippen LogP contribution in [0.25, 0.3) is 33.7 Å². The van der Waals surface area contributed by atoms with E-state index < -0.39 is 17.3 Å². The Labute approximate surface area is 282 Å². The highest BCUT2D eigenvalue weighted by Crippen LogP contribution is 2.30. The molecule has 6 rings (SSSR count). The van der Waals surface area contributed by atoms with Gasteiger partial charge in [-0.2, -0.15) is 10.1 Å². The van der Waals surface area contributed by atoms with Crippen molar-refractivity contribution in [2.24, 2.45) is 7.05 Å². The van der Waals surface area contributed by atoms with Crippen LogP contribution in [0.4, 0.5) is 4.79 Å². The number of rotatable bonds is 8. The number of aromatic nitrogens is 6. The van der Waals surface area contributed by atoms with E-state index in [2.05, 4.69) is 30.4 Å². The van der Waals surface area contributed by atoms with Gasteiger partial charge in [0.2, 0.25) is 11.7 Å². The highest BCUT2D eigenvalue weighted by molar-refractivity contribution is 6.31. The number of nitrogens with one attached hydrogen (secondary N) is 1. The summed E-state index contributed by atoms with van der Waals surface area (Å²) in [6.45, 7) is 9.52. The van der Waals surface area contributed by atoms with Gasteiger partial charge in [-0.15, -0.1) is 0 Å². The van der Waals surface area contributed by atoms with Crippen molar-refractivity contribution in [3.8, 4) is 22.6 Å². The standard InChI is InChI=1S/C34H39ClN8O5/c1-21-38-30(40-48-21)24-10-11-25(26(35)16-24)18-42-14-12-34(46,13-15-42)19-43-20-37-27-28(31(43)44)39-41(5)29(27)23-8-6-22(7-9-23)17-36-32(45)47-33(2,3)4/h6-11,16,20,46H,12-15,17-19H2,1-5H3,(H,36,45). The lowest BCUT2D eigenvalue weighted by atomic mass is 9.91. The largest absolute Gasteiger partial charge is 0.444 e. The molecule has 14 heteroatoms. The van der Waals surface area contributed by atoms with Crippen LogP contribution in [0.2, 0.25) is 5.02 Å². The number of benzene rings is 2. The first kappa shape index (κ1) is 33.3. The molecule has 4 heterocycles. The maximum Gasteiger partial charge on any atom is 0.407 e. The average Bonchev–Trinajstić information content (AvgIpc) is 3.62. The molecular formula is C34H39ClN8O5. The summed E-state index contributed by atoms with van der Waals surface area (Å²) < 4.78 is 13.5. The number of piperidine rings is 1. The second-order valence-corrected chi connectivity index (χ2v) is 13.8. The van der Waals surface area contributed by atoms with Crippen molar-refractivity contribution >= 4 is 28.7 Å². The van der Waals surface area contributed by atoms with E-state index in [4.69, 9.17) is 20.9 Å². The number of amides is 1. The molecule has 0 radical (unpaired) electrons. The third-order valence-electron chi connectivity index (χ3n) is 8.36. The first-order chi connectivity index (χ1) is 22.8. The minimum Gasteiger partial charge on any atom is -0.444 e. The molecule has 13 nitrogen and oxygen atoms in total. The normalized spacial score (nSPS) is 15.1. The molecule has 1 aliphatic heterocycles. The lowest BCUT2D eigenvalue weighted by Crippen LogP contribution is -2.47. The molecule has 5 aromatic rings. The first-order valence-electron chi connectivity index (χ1n) is 15.8. The molecule has 2 N–H and O–H groups in total. The van der Waals surface area contributed by atoms with Crippen molar-refractivity contribution in [3.05, 3.63) is 81.2 Å². The molecule has 48 heavy (non-hydrogen) atoms. The highest BCUT2D eigenvalue weighted by Gasteiger charge is 2.34. The molecule has 3 aromatic heterocycles. The van der Waals surface area contributed by atoms with Gasteiger partial charge in [0.1, 0.15) is 11.1 Å². The summed E-state index contributed by atoms with van der Waals surface area (Å²) in [5.41, 5.74) is 2.95. The number of aryl methyl sites for hydroxylation is 2. The number of fused-ring (bicyclic) bond motifs is 1. The molecule has 2 aromatic carbocycles. The van der Waals surface area contributed by atoms with Crippen LogP contribution in [0, 0.1) is 6.92 Å². The summed E-state index contributed by atoms with van der Waals surface area (Å²) in [6, 6.07) is 13.3. The van der Waals surface area contributed by atoms with Gasteiger partial charge in [0.25, 0.3) is 5.56 Å². The number of hydrogen-bond acceptors (Lipinski definition) is 10. The van der Waals surface area contributed by atoms with Crippen LogP contribution in [0.15, 0.2) is 58.1 Å². The van der Waals surface area contributed by atoms with Crippen molar-refractivity contribution in [3.63, 3.8) is 0 Å². The van der Waals surface area contributed by atoms with Crippen LogP contribution in [-0.4, -0.2) is 69.9 Å². The molecule has 1 aliphatic rings. The van der Waals surface area contributed by atoms with Crippen molar-refractivity contribution in [1.82, 2.24) is 39.7 Å². The number of ether oxygens (including phenoxy) is 1. The molecule has 0 saturated carbocycles. The van der Waals surface area contributed by atoms with Crippen molar-refractivity contribution in [2.75, 3.05) is 13.1 Å². The van der Waals surface area contributed by atoms with E-state index in [0.29, 0.717) is 67.0 Å². The molecule has 252 valence electrons.